The van der Waals surface area contributed by atoms with Gasteiger partial charge in [-0.2, -0.15) is 5.26 Å². The molecular formula is C10H14N2. The van der Waals surface area contributed by atoms with Gasteiger partial charge in [-0.1, -0.05) is 13.3 Å². The molecule has 0 aliphatic heterocycles. The van der Waals surface area contributed by atoms with Crippen LogP contribution in [0.15, 0.2) is 12.1 Å². The molecule has 0 unspecified atom stereocenters. The van der Waals surface area contributed by atoms with E-state index in [1.807, 2.05) is 23.7 Å². The Kier molecular flexibility index (Phi) is 2.93. The molecule has 1 heterocycles. The van der Waals surface area contributed by atoms with Crippen LogP contribution in [0.2, 0.25) is 0 Å². The van der Waals surface area contributed by atoms with Crippen LogP contribution in [0.25, 0.3) is 0 Å². The molecule has 0 amide bonds. The minimum Gasteiger partial charge on any atom is -0.340 e. The molecular weight excluding hydrogens is 148 g/mol. The monoisotopic (exact) mass is 162 g/mol. The lowest BCUT2D eigenvalue weighted by molar-refractivity contribution is 0.729. The summed E-state index contributed by atoms with van der Waals surface area (Å²) in [5, 5.41) is 8.69. The fourth-order valence-electron chi connectivity index (χ4n) is 1.27. The van der Waals surface area contributed by atoms with E-state index < -0.39 is 0 Å². The van der Waals surface area contributed by atoms with E-state index in [1.54, 1.807) is 0 Å². The molecule has 0 spiro atoms. The van der Waals surface area contributed by atoms with Crippen molar-refractivity contribution < 1.29 is 0 Å². The molecule has 2 nitrogen and oxygen atoms in total. The van der Waals surface area contributed by atoms with Gasteiger partial charge in [0.15, 0.2) is 0 Å². The molecule has 0 fully saturated rings. The number of aryl methyl sites for hydroxylation is 1. The third-order valence-electron chi connectivity index (χ3n) is 2.13. The standard InChI is InChI=1S/C10H14N2/c1-3-4-5-9-6-7-10(8-11)12(9)2/h6-7H,3-5H2,1-2H3. The quantitative estimate of drug-likeness (QED) is 0.670. The summed E-state index contributed by atoms with van der Waals surface area (Å²) in [5.74, 6) is 0. The van der Waals surface area contributed by atoms with Crippen molar-refractivity contribution in [2.45, 2.75) is 26.2 Å². The van der Waals surface area contributed by atoms with Gasteiger partial charge in [-0.15, -0.1) is 0 Å². The van der Waals surface area contributed by atoms with Gasteiger partial charge >= 0.3 is 0 Å². The Balaban J connectivity index is 2.75. The molecule has 0 aliphatic rings. The maximum atomic E-state index is 8.69. The number of nitrogens with zero attached hydrogens (tertiary/aromatic N) is 2. The van der Waals surface area contributed by atoms with Crippen molar-refractivity contribution in [3.05, 3.63) is 23.5 Å². The number of nitriles is 1. The topological polar surface area (TPSA) is 28.7 Å². The molecule has 0 aromatic carbocycles. The van der Waals surface area contributed by atoms with Gasteiger partial charge in [0.05, 0.1) is 0 Å². The number of unbranched alkanes of at least 4 members (excludes halogenated alkanes) is 1. The molecule has 1 rings (SSSR count). The van der Waals surface area contributed by atoms with E-state index >= 15 is 0 Å². The SMILES string of the molecule is CCCCc1ccc(C#N)n1C. The molecule has 0 bridgehead atoms. The second-order valence-corrected chi connectivity index (χ2v) is 2.98. The Morgan fingerprint density at radius 3 is 2.75 bits per heavy atom. The zero-order valence-corrected chi connectivity index (χ0v) is 7.67. The number of hydrogen-bond donors (Lipinski definition) is 0. The zero-order chi connectivity index (χ0) is 8.97. The van der Waals surface area contributed by atoms with Crippen molar-refractivity contribution in [3.63, 3.8) is 0 Å². The van der Waals surface area contributed by atoms with E-state index in [0.29, 0.717) is 0 Å². The Labute approximate surface area is 73.4 Å². The molecule has 0 N–H and O–H groups in total. The first kappa shape index (κ1) is 8.86. The van der Waals surface area contributed by atoms with Crippen molar-refractivity contribution in [1.29, 1.82) is 5.26 Å². The summed E-state index contributed by atoms with van der Waals surface area (Å²) in [6.45, 7) is 2.17. The average Bonchev–Trinajstić information content (AvgIpc) is 2.43. The van der Waals surface area contributed by atoms with Gasteiger partial charge in [-0.25, -0.2) is 0 Å². The minimum absolute atomic E-state index is 0.751. The van der Waals surface area contributed by atoms with Gasteiger partial charge in [-0.3, -0.25) is 0 Å². The van der Waals surface area contributed by atoms with Crippen molar-refractivity contribution >= 4 is 0 Å². The van der Waals surface area contributed by atoms with E-state index in [-0.39, 0.29) is 0 Å². The van der Waals surface area contributed by atoms with Crippen molar-refractivity contribution in [2.75, 3.05) is 0 Å². The number of aromatic nitrogens is 1. The van der Waals surface area contributed by atoms with Crippen LogP contribution in [0, 0.1) is 11.3 Å². The summed E-state index contributed by atoms with van der Waals surface area (Å²) < 4.78 is 1.97. The first-order chi connectivity index (χ1) is 5.79. The van der Waals surface area contributed by atoms with E-state index in [0.717, 1.165) is 12.1 Å². The lowest BCUT2D eigenvalue weighted by Crippen LogP contribution is -1.98. The normalized spacial score (nSPS) is 9.75. The highest BCUT2D eigenvalue weighted by atomic mass is 14.9. The van der Waals surface area contributed by atoms with Crippen LogP contribution in [0.1, 0.15) is 31.2 Å². The average molecular weight is 162 g/mol. The molecule has 0 aliphatic carbocycles. The van der Waals surface area contributed by atoms with E-state index in [2.05, 4.69) is 13.0 Å². The second kappa shape index (κ2) is 3.96. The highest BCUT2D eigenvalue weighted by Gasteiger charge is 2.01. The molecule has 2 heteroatoms. The highest BCUT2D eigenvalue weighted by Crippen LogP contribution is 2.08. The summed E-state index contributed by atoms with van der Waals surface area (Å²) >= 11 is 0. The lowest BCUT2D eigenvalue weighted by atomic mass is 10.2. The predicted octanol–water partition coefficient (Wildman–Crippen LogP) is 2.24. The van der Waals surface area contributed by atoms with Crippen molar-refractivity contribution in [3.8, 4) is 6.07 Å². The smallest absolute Gasteiger partial charge is 0.120 e. The van der Waals surface area contributed by atoms with Crippen LogP contribution >= 0.6 is 0 Å². The van der Waals surface area contributed by atoms with E-state index in [1.165, 1.54) is 18.5 Å². The van der Waals surface area contributed by atoms with Crippen molar-refractivity contribution in [2.24, 2.45) is 7.05 Å². The molecule has 12 heavy (non-hydrogen) atoms. The van der Waals surface area contributed by atoms with Gasteiger partial charge in [0.25, 0.3) is 0 Å². The molecule has 0 radical (unpaired) electrons. The first-order valence-corrected chi connectivity index (χ1v) is 4.34. The maximum absolute atomic E-state index is 8.69. The maximum Gasteiger partial charge on any atom is 0.120 e. The zero-order valence-electron chi connectivity index (χ0n) is 7.67. The molecule has 1 aromatic rings. The second-order valence-electron chi connectivity index (χ2n) is 2.98. The highest BCUT2D eigenvalue weighted by molar-refractivity contribution is 5.26. The number of rotatable bonds is 3. The van der Waals surface area contributed by atoms with Crippen LogP contribution < -0.4 is 0 Å². The number of hydrogen-bond acceptors (Lipinski definition) is 1. The minimum atomic E-state index is 0.751. The molecule has 0 saturated heterocycles. The van der Waals surface area contributed by atoms with Crippen LogP contribution in [-0.4, -0.2) is 4.57 Å². The summed E-state index contributed by atoms with van der Waals surface area (Å²) in [4.78, 5) is 0. The van der Waals surface area contributed by atoms with E-state index in [4.69, 9.17) is 5.26 Å². The van der Waals surface area contributed by atoms with Gasteiger partial charge in [0, 0.05) is 12.7 Å². The Morgan fingerprint density at radius 1 is 1.50 bits per heavy atom. The van der Waals surface area contributed by atoms with Crippen LogP contribution in [0.4, 0.5) is 0 Å². The first-order valence-electron chi connectivity index (χ1n) is 4.34. The molecule has 64 valence electrons. The lowest BCUT2D eigenvalue weighted by Gasteiger charge is -2.01. The summed E-state index contributed by atoms with van der Waals surface area (Å²) in [6.07, 6.45) is 3.48. The molecule has 1 aromatic heterocycles. The Bertz CT molecular complexity index is 291. The third-order valence-corrected chi connectivity index (χ3v) is 2.13. The fraction of sp³-hybridized carbons (Fsp3) is 0.500. The summed E-state index contributed by atoms with van der Waals surface area (Å²) in [5.41, 5.74) is 2.01. The third kappa shape index (κ3) is 1.68. The van der Waals surface area contributed by atoms with Gasteiger partial charge in [0.1, 0.15) is 11.8 Å². The fourth-order valence-corrected chi connectivity index (χ4v) is 1.27. The molecule has 0 atom stereocenters. The Hall–Kier alpha value is -1.23. The predicted molar refractivity (Wildman–Crippen MR) is 48.7 cm³/mol. The summed E-state index contributed by atoms with van der Waals surface area (Å²) in [7, 11) is 1.95. The van der Waals surface area contributed by atoms with E-state index in [9.17, 15) is 0 Å². The molecule has 0 saturated carbocycles. The largest absolute Gasteiger partial charge is 0.340 e. The van der Waals surface area contributed by atoms with Crippen LogP contribution in [-0.2, 0) is 13.5 Å². The van der Waals surface area contributed by atoms with Crippen LogP contribution in [0.3, 0.4) is 0 Å². The van der Waals surface area contributed by atoms with Gasteiger partial charge in [-0.05, 0) is 25.0 Å². The van der Waals surface area contributed by atoms with Crippen molar-refractivity contribution in [1.82, 2.24) is 4.57 Å². The van der Waals surface area contributed by atoms with Gasteiger partial charge in [0.2, 0.25) is 0 Å². The van der Waals surface area contributed by atoms with Crippen LogP contribution in [0.5, 0.6) is 0 Å². The van der Waals surface area contributed by atoms with Gasteiger partial charge < -0.3 is 4.57 Å². The Morgan fingerprint density at radius 2 is 2.25 bits per heavy atom. The summed E-state index contributed by atoms with van der Waals surface area (Å²) in [6, 6.07) is 6.07.